The smallest absolute Gasteiger partial charge is 0.156 e. The highest BCUT2D eigenvalue weighted by molar-refractivity contribution is 6.07. The summed E-state index contributed by atoms with van der Waals surface area (Å²) in [5.41, 5.74) is 10.1. The van der Waals surface area contributed by atoms with E-state index in [1.807, 2.05) is 35.4 Å². The third-order valence-corrected chi connectivity index (χ3v) is 4.41. The molecular formula is C20H22FN7. The highest BCUT2D eigenvalue weighted by Gasteiger charge is 2.19. The number of nitriles is 1. The average Bonchev–Trinajstić information content (AvgIpc) is 3.23. The Morgan fingerprint density at radius 2 is 2.07 bits per heavy atom. The van der Waals surface area contributed by atoms with Crippen LogP contribution < -0.4 is 11.1 Å². The van der Waals surface area contributed by atoms with Crippen molar-refractivity contribution in [1.29, 1.82) is 5.26 Å². The van der Waals surface area contributed by atoms with Crippen LogP contribution in [0, 0.1) is 17.1 Å². The predicted molar refractivity (Wildman–Crippen MR) is 109 cm³/mol. The number of nitrogens with two attached hydrogens (primary N) is 1. The van der Waals surface area contributed by atoms with E-state index in [1.54, 1.807) is 18.5 Å². The van der Waals surface area contributed by atoms with Gasteiger partial charge in [0.1, 0.15) is 17.0 Å². The maximum absolute atomic E-state index is 13.7. The van der Waals surface area contributed by atoms with Gasteiger partial charge in [-0.1, -0.05) is 12.1 Å². The van der Waals surface area contributed by atoms with Crippen molar-refractivity contribution in [2.45, 2.75) is 13.5 Å². The number of pyridine rings is 1. The van der Waals surface area contributed by atoms with E-state index in [1.165, 1.54) is 19.1 Å². The molecule has 0 amide bonds. The lowest BCUT2D eigenvalue weighted by atomic mass is 10.1. The fourth-order valence-corrected chi connectivity index (χ4v) is 3.33. The highest BCUT2D eigenvalue weighted by atomic mass is 19.1. The average molecular weight is 379 g/mol. The Balaban J connectivity index is 0.000000706. The SMILES string of the molecule is CC#N.CNc1nc2c(cc(-c3cccc(F)c3)n2CCN)c2c1ncn2C. The summed E-state index contributed by atoms with van der Waals surface area (Å²) in [6.45, 7) is 2.49. The van der Waals surface area contributed by atoms with Gasteiger partial charge in [-0.25, -0.2) is 14.4 Å². The summed E-state index contributed by atoms with van der Waals surface area (Å²) in [4.78, 5) is 9.20. The van der Waals surface area contributed by atoms with Gasteiger partial charge in [0.2, 0.25) is 0 Å². The summed E-state index contributed by atoms with van der Waals surface area (Å²) < 4.78 is 17.8. The fourth-order valence-electron chi connectivity index (χ4n) is 3.33. The van der Waals surface area contributed by atoms with Crippen molar-refractivity contribution in [2.75, 3.05) is 18.9 Å². The molecule has 0 aliphatic carbocycles. The van der Waals surface area contributed by atoms with Gasteiger partial charge in [0.25, 0.3) is 0 Å². The molecule has 0 saturated carbocycles. The van der Waals surface area contributed by atoms with E-state index < -0.39 is 0 Å². The van der Waals surface area contributed by atoms with Crippen molar-refractivity contribution < 1.29 is 4.39 Å². The van der Waals surface area contributed by atoms with E-state index in [0.29, 0.717) is 18.9 Å². The zero-order valence-electron chi connectivity index (χ0n) is 16.1. The monoisotopic (exact) mass is 379 g/mol. The summed E-state index contributed by atoms with van der Waals surface area (Å²) in [6, 6.07) is 10.4. The van der Waals surface area contributed by atoms with Gasteiger partial charge in [0.15, 0.2) is 5.82 Å². The molecular weight excluding hydrogens is 357 g/mol. The van der Waals surface area contributed by atoms with Crippen molar-refractivity contribution in [3.05, 3.63) is 42.5 Å². The van der Waals surface area contributed by atoms with Gasteiger partial charge < -0.3 is 20.2 Å². The maximum atomic E-state index is 13.7. The number of aromatic nitrogens is 4. The van der Waals surface area contributed by atoms with Gasteiger partial charge >= 0.3 is 0 Å². The molecule has 4 aromatic rings. The number of nitrogens with zero attached hydrogens (tertiary/aromatic N) is 5. The molecule has 28 heavy (non-hydrogen) atoms. The number of nitrogens with one attached hydrogen (secondary N) is 1. The van der Waals surface area contributed by atoms with E-state index in [2.05, 4.69) is 10.3 Å². The van der Waals surface area contributed by atoms with Gasteiger partial charge in [0, 0.05) is 45.1 Å². The van der Waals surface area contributed by atoms with Gasteiger partial charge in [-0.3, -0.25) is 0 Å². The number of aryl methyl sites for hydroxylation is 1. The molecule has 0 saturated heterocycles. The minimum atomic E-state index is -0.267. The second-order valence-corrected chi connectivity index (χ2v) is 6.20. The second kappa shape index (κ2) is 8.06. The number of hydrogen-bond donors (Lipinski definition) is 2. The Bertz CT molecular complexity index is 1170. The minimum Gasteiger partial charge on any atom is -0.371 e. The summed E-state index contributed by atoms with van der Waals surface area (Å²) in [6.07, 6.45) is 1.77. The normalized spacial score (nSPS) is 10.6. The third-order valence-electron chi connectivity index (χ3n) is 4.41. The van der Waals surface area contributed by atoms with Gasteiger partial charge in [0.05, 0.1) is 23.6 Å². The lowest BCUT2D eigenvalue weighted by Gasteiger charge is -2.10. The first-order chi connectivity index (χ1) is 13.5. The molecule has 0 aliphatic rings. The van der Waals surface area contributed by atoms with Crippen LogP contribution in [0.5, 0.6) is 0 Å². The molecule has 0 atom stereocenters. The van der Waals surface area contributed by atoms with E-state index in [0.717, 1.165) is 33.3 Å². The Morgan fingerprint density at radius 3 is 2.71 bits per heavy atom. The van der Waals surface area contributed by atoms with E-state index in [4.69, 9.17) is 16.0 Å². The molecule has 0 radical (unpaired) electrons. The zero-order chi connectivity index (χ0) is 20.3. The Labute approximate surface area is 162 Å². The van der Waals surface area contributed by atoms with E-state index in [-0.39, 0.29) is 5.82 Å². The van der Waals surface area contributed by atoms with Crippen molar-refractivity contribution in [1.82, 2.24) is 19.1 Å². The molecule has 3 heterocycles. The van der Waals surface area contributed by atoms with Crippen LogP contribution in [0.25, 0.3) is 33.3 Å². The van der Waals surface area contributed by atoms with Gasteiger partial charge in [-0.2, -0.15) is 5.26 Å². The molecule has 0 fully saturated rings. The summed E-state index contributed by atoms with van der Waals surface area (Å²) >= 11 is 0. The van der Waals surface area contributed by atoms with Crippen LogP contribution in [-0.4, -0.2) is 32.7 Å². The van der Waals surface area contributed by atoms with Crippen molar-refractivity contribution in [3.8, 4) is 17.3 Å². The number of benzene rings is 1. The minimum absolute atomic E-state index is 0.267. The molecule has 4 rings (SSSR count). The van der Waals surface area contributed by atoms with Crippen molar-refractivity contribution in [2.24, 2.45) is 12.8 Å². The Morgan fingerprint density at radius 1 is 1.32 bits per heavy atom. The molecule has 0 spiro atoms. The molecule has 7 nitrogen and oxygen atoms in total. The lowest BCUT2D eigenvalue weighted by Crippen LogP contribution is -2.11. The van der Waals surface area contributed by atoms with Crippen LogP contribution in [0.4, 0.5) is 10.2 Å². The largest absolute Gasteiger partial charge is 0.371 e. The molecule has 3 aromatic heterocycles. The Hall–Kier alpha value is -3.44. The van der Waals surface area contributed by atoms with Crippen LogP contribution in [0.1, 0.15) is 6.92 Å². The second-order valence-electron chi connectivity index (χ2n) is 6.20. The summed E-state index contributed by atoms with van der Waals surface area (Å²) in [7, 11) is 3.78. The number of rotatable bonds is 4. The quantitative estimate of drug-likeness (QED) is 0.567. The van der Waals surface area contributed by atoms with Crippen LogP contribution in [0.2, 0.25) is 0 Å². The van der Waals surface area contributed by atoms with Crippen LogP contribution in [0.15, 0.2) is 36.7 Å². The van der Waals surface area contributed by atoms with Crippen molar-refractivity contribution >= 4 is 27.9 Å². The topological polar surface area (TPSA) is 97.5 Å². The first-order valence-corrected chi connectivity index (χ1v) is 8.84. The summed E-state index contributed by atoms with van der Waals surface area (Å²) in [5.74, 6) is 0.446. The lowest BCUT2D eigenvalue weighted by molar-refractivity contribution is 0.628. The molecule has 8 heteroatoms. The van der Waals surface area contributed by atoms with Gasteiger partial charge in [-0.15, -0.1) is 0 Å². The Kier molecular flexibility index (Phi) is 5.57. The van der Waals surface area contributed by atoms with Crippen molar-refractivity contribution in [3.63, 3.8) is 0 Å². The molecule has 1 aromatic carbocycles. The van der Waals surface area contributed by atoms with Crippen LogP contribution in [-0.2, 0) is 13.6 Å². The fraction of sp³-hybridized carbons (Fsp3) is 0.250. The maximum Gasteiger partial charge on any atom is 0.156 e. The number of anilines is 1. The highest BCUT2D eigenvalue weighted by Crippen LogP contribution is 2.34. The molecule has 144 valence electrons. The first kappa shape index (κ1) is 19.3. The molecule has 0 aliphatic heterocycles. The summed E-state index contributed by atoms with van der Waals surface area (Å²) in [5, 5.41) is 11.4. The standard InChI is InChI=1S/C18H19FN6.C2H3N/c1-21-17-15-16(24(2)10-22-15)13-9-14(11-4-3-5-12(19)8-11)25(7-6-20)18(13)23-17;1-2-3/h3-5,8-10H,6-7,20H2,1-2H3,(H,21,23);1H3. The molecule has 0 unspecified atom stereocenters. The van der Waals surface area contributed by atoms with Gasteiger partial charge in [-0.05, 0) is 18.2 Å². The first-order valence-electron chi connectivity index (χ1n) is 8.84. The number of hydrogen-bond acceptors (Lipinski definition) is 5. The van der Waals surface area contributed by atoms with E-state index >= 15 is 0 Å². The number of halogens is 1. The van der Waals surface area contributed by atoms with E-state index in [9.17, 15) is 4.39 Å². The third kappa shape index (κ3) is 3.28. The predicted octanol–water partition coefficient (Wildman–Crippen LogP) is 3.26. The number of imidazole rings is 1. The zero-order valence-corrected chi connectivity index (χ0v) is 16.1. The van der Waals surface area contributed by atoms with Crippen LogP contribution >= 0.6 is 0 Å². The molecule has 3 N–H and O–H groups in total. The van der Waals surface area contributed by atoms with Crippen LogP contribution in [0.3, 0.4) is 0 Å². The molecule has 0 bridgehead atoms. The number of fused-ring (bicyclic) bond motifs is 3.